The molecule has 0 aromatic heterocycles. The number of benzene rings is 1. The first-order chi connectivity index (χ1) is 9.13. The van der Waals surface area contributed by atoms with Gasteiger partial charge in [0.1, 0.15) is 5.82 Å². The van der Waals surface area contributed by atoms with Crippen molar-refractivity contribution in [2.24, 2.45) is 5.41 Å². The maximum Gasteiger partial charge on any atom is 0.224 e. The van der Waals surface area contributed by atoms with Crippen LogP contribution >= 0.6 is 11.6 Å². The third kappa shape index (κ3) is 3.93. The molecule has 2 rings (SSSR count). The standard InChI is InChI=1S/C15H19ClFNO/c16-10-15(6-1-2-7-15)11-18-14(19)9-12-4-3-5-13(17)8-12/h3-5,8H,1-2,6-7,9-11H2,(H,18,19). The van der Waals surface area contributed by atoms with Crippen molar-refractivity contribution in [2.75, 3.05) is 12.4 Å². The van der Waals surface area contributed by atoms with Crippen LogP contribution in [0.15, 0.2) is 24.3 Å². The Kier molecular flexibility index (Phi) is 4.81. The second-order valence-corrected chi connectivity index (χ2v) is 5.69. The largest absolute Gasteiger partial charge is 0.355 e. The predicted octanol–water partition coefficient (Wildman–Crippen LogP) is 3.28. The van der Waals surface area contributed by atoms with Crippen LogP contribution in [0.25, 0.3) is 0 Å². The molecule has 0 aliphatic heterocycles. The fraction of sp³-hybridized carbons (Fsp3) is 0.533. The fourth-order valence-corrected chi connectivity index (χ4v) is 3.03. The van der Waals surface area contributed by atoms with Gasteiger partial charge in [0.2, 0.25) is 5.91 Å². The molecule has 1 amide bonds. The molecule has 1 fully saturated rings. The van der Waals surface area contributed by atoms with Crippen molar-refractivity contribution in [1.82, 2.24) is 5.32 Å². The van der Waals surface area contributed by atoms with Crippen LogP contribution in [0.5, 0.6) is 0 Å². The molecule has 0 heterocycles. The Balaban J connectivity index is 1.84. The molecule has 1 aliphatic rings. The van der Waals surface area contributed by atoms with E-state index >= 15 is 0 Å². The summed E-state index contributed by atoms with van der Waals surface area (Å²) in [4.78, 5) is 11.9. The minimum absolute atomic E-state index is 0.0676. The maximum atomic E-state index is 13.0. The average Bonchev–Trinajstić information content (AvgIpc) is 2.86. The Morgan fingerprint density at radius 3 is 2.74 bits per heavy atom. The van der Waals surface area contributed by atoms with Crippen LogP contribution in [-0.2, 0) is 11.2 Å². The summed E-state index contributed by atoms with van der Waals surface area (Å²) in [5.74, 6) is 0.216. The fourth-order valence-electron chi connectivity index (χ4n) is 2.66. The van der Waals surface area contributed by atoms with Gasteiger partial charge in [0, 0.05) is 17.8 Å². The number of hydrogen-bond acceptors (Lipinski definition) is 1. The number of carbonyl (C=O) groups is 1. The zero-order valence-electron chi connectivity index (χ0n) is 10.9. The summed E-state index contributed by atoms with van der Waals surface area (Å²) in [6.45, 7) is 0.630. The summed E-state index contributed by atoms with van der Waals surface area (Å²) in [6.07, 6.45) is 4.75. The van der Waals surface area contributed by atoms with Crippen LogP contribution in [-0.4, -0.2) is 18.3 Å². The molecular weight excluding hydrogens is 265 g/mol. The van der Waals surface area contributed by atoms with E-state index in [1.165, 1.54) is 25.0 Å². The summed E-state index contributed by atoms with van der Waals surface area (Å²) < 4.78 is 13.0. The summed E-state index contributed by atoms with van der Waals surface area (Å²) >= 11 is 6.03. The Morgan fingerprint density at radius 1 is 1.37 bits per heavy atom. The van der Waals surface area contributed by atoms with Crippen molar-refractivity contribution < 1.29 is 9.18 Å². The molecule has 1 N–H and O–H groups in total. The molecule has 4 heteroatoms. The van der Waals surface area contributed by atoms with Crippen molar-refractivity contribution in [3.63, 3.8) is 0 Å². The highest BCUT2D eigenvalue weighted by Crippen LogP contribution is 2.38. The van der Waals surface area contributed by atoms with Crippen LogP contribution < -0.4 is 5.32 Å². The quantitative estimate of drug-likeness (QED) is 0.826. The Bertz CT molecular complexity index is 444. The van der Waals surface area contributed by atoms with Gasteiger partial charge in [0.15, 0.2) is 0 Å². The van der Waals surface area contributed by atoms with Gasteiger partial charge in [-0.3, -0.25) is 4.79 Å². The molecule has 1 saturated carbocycles. The van der Waals surface area contributed by atoms with Gasteiger partial charge in [0.25, 0.3) is 0 Å². The Morgan fingerprint density at radius 2 is 2.11 bits per heavy atom. The van der Waals surface area contributed by atoms with Gasteiger partial charge in [-0.25, -0.2) is 4.39 Å². The van der Waals surface area contributed by atoms with E-state index in [1.54, 1.807) is 12.1 Å². The van der Waals surface area contributed by atoms with Crippen molar-refractivity contribution in [1.29, 1.82) is 0 Å². The maximum absolute atomic E-state index is 13.0. The minimum atomic E-state index is -0.307. The van der Waals surface area contributed by atoms with E-state index in [0.29, 0.717) is 18.0 Å². The first-order valence-corrected chi connectivity index (χ1v) is 7.24. The van der Waals surface area contributed by atoms with Gasteiger partial charge in [-0.15, -0.1) is 11.6 Å². The van der Waals surface area contributed by atoms with Crippen molar-refractivity contribution >= 4 is 17.5 Å². The van der Waals surface area contributed by atoms with Crippen LogP contribution in [0, 0.1) is 11.2 Å². The third-order valence-corrected chi connectivity index (χ3v) is 4.43. The topological polar surface area (TPSA) is 29.1 Å². The van der Waals surface area contributed by atoms with Crippen LogP contribution in [0.2, 0.25) is 0 Å². The van der Waals surface area contributed by atoms with E-state index < -0.39 is 0 Å². The van der Waals surface area contributed by atoms with Gasteiger partial charge in [-0.1, -0.05) is 25.0 Å². The highest BCUT2D eigenvalue weighted by molar-refractivity contribution is 6.18. The monoisotopic (exact) mass is 283 g/mol. The van der Waals surface area contributed by atoms with E-state index in [-0.39, 0.29) is 23.6 Å². The van der Waals surface area contributed by atoms with Gasteiger partial charge >= 0.3 is 0 Å². The molecule has 1 aromatic carbocycles. The van der Waals surface area contributed by atoms with E-state index in [9.17, 15) is 9.18 Å². The molecule has 0 bridgehead atoms. The van der Waals surface area contributed by atoms with Gasteiger partial charge in [0.05, 0.1) is 6.42 Å². The average molecular weight is 284 g/mol. The molecule has 1 aromatic rings. The molecule has 2 nitrogen and oxygen atoms in total. The predicted molar refractivity (Wildman–Crippen MR) is 74.7 cm³/mol. The molecule has 0 radical (unpaired) electrons. The van der Waals surface area contributed by atoms with Gasteiger partial charge < -0.3 is 5.32 Å². The summed E-state index contributed by atoms with van der Waals surface area (Å²) in [7, 11) is 0. The SMILES string of the molecule is O=C(Cc1cccc(F)c1)NCC1(CCl)CCCC1. The van der Waals surface area contributed by atoms with Crippen molar-refractivity contribution in [2.45, 2.75) is 32.1 Å². The van der Waals surface area contributed by atoms with Crippen molar-refractivity contribution in [3.05, 3.63) is 35.6 Å². The molecule has 1 aliphatic carbocycles. The van der Waals surface area contributed by atoms with E-state index in [4.69, 9.17) is 11.6 Å². The lowest BCUT2D eigenvalue weighted by molar-refractivity contribution is -0.120. The summed E-state index contributed by atoms with van der Waals surface area (Å²) in [5, 5.41) is 2.94. The summed E-state index contributed by atoms with van der Waals surface area (Å²) in [5.41, 5.74) is 0.767. The smallest absolute Gasteiger partial charge is 0.224 e. The van der Waals surface area contributed by atoms with E-state index in [0.717, 1.165) is 12.8 Å². The number of hydrogen-bond donors (Lipinski definition) is 1. The normalized spacial score (nSPS) is 17.4. The van der Waals surface area contributed by atoms with Gasteiger partial charge in [-0.05, 0) is 30.5 Å². The molecule has 104 valence electrons. The summed E-state index contributed by atoms with van der Waals surface area (Å²) in [6, 6.07) is 6.15. The van der Waals surface area contributed by atoms with E-state index in [2.05, 4.69) is 5.32 Å². The first kappa shape index (κ1) is 14.3. The molecule has 19 heavy (non-hydrogen) atoms. The van der Waals surface area contributed by atoms with Gasteiger partial charge in [-0.2, -0.15) is 0 Å². The minimum Gasteiger partial charge on any atom is -0.355 e. The molecular formula is C15H19ClFNO. The van der Waals surface area contributed by atoms with Crippen molar-refractivity contribution in [3.8, 4) is 0 Å². The zero-order chi connectivity index (χ0) is 13.7. The number of nitrogens with one attached hydrogen (secondary N) is 1. The number of amides is 1. The number of alkyl halides is 1. The highest BCUT2D eigenvalue weighted by atomic mass is 35.5. The Labute approximate surface area is 118 Å². The Hall–Kier alpha value is -1.09. The molecule has 0 spiro atoms. The second-order valence-electron chi connectivity index (χ2n) is 5.42. The third-order valence-electron chi connectivity index (χ3n) is 3.86. The molecule has 0 unspecified atom stereocenters. The number of halogens is 2. The van der Waals surface area contributed by atoms with Crippen LogP contribution in [0.4, 0.5) is 4.39 Å². The zero-order valence-corrected chi connectivity index (χ0v) is 11.7. The lowest BCUT2D eigenvalue weighted by Gasteiger charge is -2.26. The number of rotatable bonds is 5. The lowest BCUT2D eigenvalue weighted by Crippen LogP contribution is -2.37. The lowest BCUT2D eigenvalue weighted by atomic mass is 9.88. The van der Waals surface area contributed by atoms with Crippen LogP contribution in [0.3, 0.4) is 0 Å². The second kappa shape index (κ2) is 6.38. The van der Waals surface area contributed by atoms with Crippen LogP contribution in [0.1, 0.15) is 31.2 Å². The number of carbonyl (C=O) groups excluding carboxylic acids is 1. The molecule has 0 saturated heterocycles. The highest BCUT2D eigenvalue weighted by Gasteiger charge is 2.33. The van der Waals surface area contributed by atoms with E-state index in [1.807, 2.05) is 0 Å². The first-order valence-electron chi connectivity index (χ1n) is 6.71. The molecule has 0 atom stereocenters.